The molecular weight excluding hydrogens is 308 g/mol. The van der Waals surface area contributed by atoms with E-state index in [1.165, 1.54) is 20.2 Å². The number of rotatable bonds is 6. The summed E-state index contributed by atoms with van der Waals surface area (Å²) >= 11 is 0. The van der Waals surface area contributed by atoms with Crippen molar-refractivity contribution < 1.29 is 19.1 Å². The highest BCUT2D eigenvalue weighted by molar-refractivity contribution is 5.85. The molecule has 0 aromatic heterocycles. The van der Waals surface area contributed by atoms with Gasteiger partial charge < -0.3 is 9.47 Å². The molecule has 2 aromatic rings. The standard InChI is InChI=1S/C18H18N2O4/c1-13(21)24-16-10-8-14(9-11-16)12-19-20-18(22)17(23-2)15-6-4-3-5-7-15/h3-12,17H,1-2H3,(H,20,22)/b19-12-/t17-/m0/s1. The van der Waals surface area contributed by atoms with Crippen molar-refractivity contribution >= 4 is 18.1 Å². The molecule has 1 N–H and O–H groups in total. The van der Waals surface area contributed by atoms with Gasteiger partial charge in [0.25, 0.3) is 5.91 Å². The van der Waals surface area contributed by atoms with Crippen LogP contribution in [0.25, 0.3) is 0 Å². The minimum absolute atomic E-state index is 0.364. The van der Waals surface area contributed by atoms with Crippen molar-refractivity contribution in [3.63, 3.8) is 0 Å². The Hall–Kier alpha value is -2.99. The zero-order valence-corrected chi connectivity index (χ0v) is 13.4. The highest BCUT2D eigenvalue weighted by atomic mass is 16.5. The molecule has 0 saturated carbocycles. The van der Waals surface area contributed by atoms with Crippen LogP contribution in [-0.2, 0) is 14.3 Å². The van der Waals surface area contributed by atoms with Crippen molar-refractivity contribution in [2.24, 2.45) is 5.10 Å². The van der Waals surface area contributed by atoms with Crippen LogP contribution in [-0.4, -0.2) is 25.2 Å². The summed E-state index contributed by atoms with van der Waals surface area (Å²) in [6.45, 7) is 1.34. The van der Waals surface area contributed by atoms with E-state index in [-0.39, 0.29) is 11.9 Å². The maximum absolute atomic E-state index is 12.1. The first kappa shape index (κ1) is 17.4. The second kappa shape index (κ2) is 8.59. The van der Waals surface area contributed by atoms with E-state index in [4.69, 9.17) is 9.47 Å². The van der Waals surface area contributed by atoms with Crippen LogP contribution in [0.5, 0.6) is 5.75 Å². The zero-order valence-electron chi connectivity index (χ0n) is 13.4. The molecule has 1 atom stereocenters. The van der Waals surface area contributed by atoms with Crippen molar-refractivity contribution in [2.45, 2.75) is 13.0 Å². The molecule has 0 unspecified atom stereocenters. The van der Waals surface area contributed by atoms with E-state index in [1.807, 2.05) is 30.3 Å². The minimum atomic E-state index is -0.727. The van der Waals surface area contributed by atoms with Crippen molar-refractivity contribution in [1.29, 1.82) is 0 Å². The number of ether oxygens (including phenoxy) is 2. The number of amides is 1. The first-order chi connectivity index (χ1) is 11.6. The van der Waals surface area contributed by atoms with E-state index < -0.39 is 6.10 Å². The number of esters is 1. The summed E-state index contributed by atoms with van der Waals surface area (Å²) in [5.41, 5.74) is 3.95. The van der Waals surface area contributed by atoms with Crippen LogP contribution in [0.4, 0.5) is 0 Å². The van der Waals surface area contributed by atoms with Crippen LogP contribution in [0.3, 0.4) is 0 Å². The Bertz CT molecular complexity index is 712. The third-order valence-corrected chi connectivity index (χ3v) is 3.11. The quantitative estimate of drug-likeness (QED) is 0.383. The van der Waals surface area contributed by atoms with Crippen LogP contribution in [0, 0.1) is 0 Å². The minimum Gasteiger partial charge on any atom is -0.427 e. The zero-order chi connectivity index (χ0) is 17.4. The van der Waals surface area contributed by atoms with Gasteiger partial charge in [0, 0.05) is 14.0 Å². The highest BCUT2D eigenvalue weighted by Gasteiger charge is 2.18. The summed E-state index contributed by atoms with van der Waals surface area (Å²) in [4.78, 5) is 23.0. The van der Waals surface area contributed by atoms with Gasteiger partial charge >= 0.3 is 5.97 Å². The van der Waals surface area contributed by atoms with Gasteiger partial charge in [0.1, 0.15) is 5.75 Å². The van der Waals surface area contributed by atoms with Crippen LogP contribution in [0.1, 0.15) is 24.2 Å². The lowest BCUT2D eigenvalue weighted by Gasteiger charge is -2.13. The Labute approximate surface area is 140 Å². The normalized spacial score (nSPS) is 11.9. The molecule has 0 spiro atoms. The van der Waals surface area contributed by atoms with Gasteiger partial charge in [-0.2, -0.15) is 5.10 Å². The first-order valence-electron chi connectivity index (χ1n) is 7.29. The lowest BCUT2D eigenvalue weighted by atomic mass is 10.1. The number of hydrogen-bond donors (Lipinski definition) is 1. The third kappa shape index (κ3) is 5.03. The Kier molecular flexibility index (Phi) is 6.22. The van der Waals surface area contributed by atoms with Gasteiger partial charge in [0.2, 0.25) is 0 Å². The Morgan fingerprint density at radius 1 is 1.08 bits per heavy atom. The number of benzene rings is 2. The fraction of sp³-hybridized carbons (Fsp3) is 0.167. The maximum Gasteiger partial charge on any atom is 0.308 e. The fourth-order valence-corrected chi connectivity index (χ4v) is 2.04. The topological polar surface area (TPSA) is 77.0 Å². The van der Waals surface area contributed by atoms with Gasteiger partial charge in [0.15, 0.2) is 6.10 Å². The van der Waals surface area contributed by atoms with Gasteiger partial charge in [0.05, 0.1) is 6.21 Å². The summed E-state index contributed by atoms with van der Waals surface area (Å²) in [5.74, 6) is -0.293. The molecular formula is C18H18N2O4. The maximum atomic E-state index is 12.1. The number of hydrogen-bond acceptors (Lipinski definition) is 5. The Balaban J connectivity index is 1.95. The highest BCUT2D eigenvalue weighted by Crippen LogP contribution is 2.16. The molecule has 0 radical (unpaired) electrons. The second-order valence-electron chi connectivity index (χ2n) is 4.92. The van der Waals surface area contributed by atoms with Crippen molar-refractivity contribution in [3.8, 4) is 5.75 Å². The first-order valence-corrected chi connectivity index (χ1v) is 7.29. The number of nitrogens with one attached hydrogen (secondary N) is 1. The number of hydrazone groups is 1. The molecule has 6 nitrogen and oxygen atoms in total. The van der Waals surface area contributed by atoms with Crippen LogP contribution in [0.15, 0.2) is 59.7 Å². The van der Waals surface area contributed by atoms with E-state index >= 15 is 0 Å². The van der Waals surface area contributed by atoms with E-state index in [0.717, 1.165) is 11.1 Å². The molecule has 0 saturated heterocycles. The number of nitrogens with zero attached hydrogens (tertiary/aromatic N) is 1. The predicted octanol–water partition coefficient (Wildman–Crippen LogP) is 2.45. The monoisotopic (exact) mass is 326 g/mol. The van der Waals surface area contributed by atoms with Crippen molar-refractivity contribution in [3.05, 3.63) is 65.7 Å². The molecule has 124 valence electrons. The molecule has 0 bridgehead atoms. The summed E-state index contributed by atoms with van der Waals surface area (Å²) in [5, 5.41) is 3.91. The molecule has 0 fully saturated rings. The van der Waals surface area contributed by atoms with E-state index in [9.17, 15) is 9.59 Å². The summed E-state index contributed by atoms with van der Waals surface area (Å²) < 4.78 is 10.2. The summed E-state index contributed by atoms with van der Waals surface area (Å²) in [6, 6.07) is 15.9. The third-order valence-electron chi connectivity index (χ3n) is 3.11. The number of carbonyl (C=O) groups is 2. The lowest BCUT2D eigenvalue weighted by molar-refractivity contribution is -0.132. The van der Waals surface area contributed by atoms with Gasteiger partial charge in [-0.3, -0.25) is 9.59 Å². The van der Waals surface area contributed by atoms with E-state index in [0.29, 0.717) is 5.75 Å². The average Bonchev–Trinajstić information content (AvgIpc) is 2.58. The molecule has 2 aromatic carbocycles. The van der Waals surface area contributed by atoms with E-state index in [1.54, 1.807) is 24.3 Å². The van der Waals surface area contributed by atoms with Crippen LogP contribution in [0.2, 0.25) is 0 Å². The van der Waals surface area contributed by atoms with Crippen molar-refractivity contribution in [2.75, 3.05) is 7.11 Å². The molecule has 6 heteroatoms. The Morgan fingerprint density at radius 2 is 1.75 bits per heavy atom. The van der Waals surface area contributed by atoms with Crippen LogP contribution >= 0.6 is 0 Å². The van der Waals surface area contributed by atoms with Gasteiger partial charge in [-0.15, -0.1) is 0 Å². The molecule has 2 rings (SSSR count). The van der Waals surface area contributed by atoms with Crippen molar-refractivity contribution in [1.82, 2.24) is 5.43 Å². The molecule has 0 aliphatic carbocycles. The Morgan fingerprint density at radius 3 is 2.33 bits per heavy atom. The molecule has 0 aliphatic rings. The lowest BCUT2D eigenvalue weighted by Crippen LogP contribution is -2.26. The molecule has 1 amide bonds. The fourth-order valence-electron chi connectivity index (χ4n) is 2.04. The second-order valence-corrected chi connectivity index (χ2v) is 4.92. The van der Waals surface area contributed by atoms with Gasteiger partial charge in [-0.05, 0) is 35.4 Å². The smallest absolute Gasteiger partial charge is 0.308 e. The predicted molar refractivity (Wildman–Crippen MR) is 89.7 cm³/mol. The largest absolute Gasteiger partial charge is 0.427 e. The molecule has 24 heavy (non-hydrogen) atoms. The number of carbonyl (C=O) groups excluding carboxylic acids is 2. The molecule has 0 heterocycles. The SMILES string of the molecule is CO[C@H](C(=O)N/N=C\c1ccc(OC(C)=O)cc1)c1ccccc1. The average molecular weight is 326 g/mol. The summed E-state index contributed by atoms with van der Waals surface area (Å²) in [6.07, 6.45) is 0.766. The van der Waals surface area contributed by atoms with E-state index in [2.05, 4.69) is 10.5 Å². The summed E-state index contributed by atoms with van der Waals surface area (Å²) in [7, 11) is 1.47. The van der Waals surface area contributed by atoms with Crippen LogP contribution < -0.4 is 10.2 Å². The molecule has 0 aliphatic heterocycles. The van der Waals surface area contributed by atoms with Gasteiger partial charge in [-0.1, -0.05) is 30.3 Å². The van der Waals surface area contributed by atoms with Gasteiger partial charge in [-0.25, -0.2) is 5.43 Å². The number of methoxy groups -OCH3 is 1.